The summed E-state index contributed by atoms with van der Waals surface area (Å²) in [6.45, 7) is 4.64. The summed E-state index contributed by atoms with van der Waals surface area (Å²) >= 11 is 0. The number of fused-ring (bicyclic) bond motifs is 3. The molecule has 3 nitrogen and oxygen atoms in total. The molecule has 1 aliphatic carbocycles. The number of benzene rings is 1. The highest BCUT2D eigenvalue weighted by Crippen LogP contribution is 2.45. The van der Waals surface area contributed by atoms with Gasteiger partial charge in [-0.05, 0) is 62.7 Å². The first-order valence-electron chi connectivity index (χ1n) is 7.50. The van der Waals surface area contributed by atoms with E-state index in [2.05, 4.69) is 11.8 Å². The predicted molar refractivity (Wildman–Crippen MR) is 75.7 cm³/mol. The van der Waals surface area contributed by atoms with Crippen molar-refractivity contribution >= 4 is 0 Å². The summed E-state index contributed by atoms with van der Waals surface area (Å²) in [5.41, 5.74) is 2.26. The first-order valence-corrected chi connectivity index (χ1v) is 7.50. The molecule has 1 aromatic rings. The number of aromatic hydroxyl groups is 2. The van der Waals surface area contributed by atoms with E-state index in [1.807, 2.05) is 6.07 Å². The van der Waals surface area contributed by atoms with Crippen LogP contribution in [0.4, 0.5) is 0 Å². The van der Waals surface area contributed by atoms with Gasteiger partial charge in [-0.15, -0.1) is 0 Å². The fraction of sp³-hybridized carbons (Fsp3) is 0.625. The molecule has 1 aromatic carbocycles. The lowest BCUT2D eigenvalue weighted by Gasteiger charge is -2.45. The third-order valence-corrected chi connectivity index (χ3v) is 4.79. The second-order valence-electron chi connectivity index (χ2n) is 5.89. The molecule has 3 heteroatoms. The maximum atomic E-state index is 10.0. The Kier molecular flexibility index (Phi) is 3.40. The van der Waals surface area contributed by atoms with Crippen molar-refractivity contribution in [3.63, 3.8) is 0 Å². The molecule has 1 heterocycles. The standard InChI is InChI=1S/C16H23NO2/c1-2-9-17-10-3-4-12-11-6-8-15(18)16(19)13(11)5-7-14(12)17/h6,8,12,14,18-19H,2-5,7,9-10H2,1H3/t12-,14+/m0/s1. The summed E-state index contributed by atoms with van der Waals surface area (Å²) < 4.78 is 0. The normalized spacial score (nSPS) is 26.8. The topological polar surface area (TPSA) is 43.7 Å². The van der Waals surface area contributed by atoms with E-state index < -0.39 is 0 Å². The maximum absolute atomic E-state index is 10.0. The molecule has 0 bridgehead atoms. The fourth-order valence-corrected chi connectivity index (χ4v) is 3.98. The van der Waals surface area contributed by atoms with Crippen molar-refractivity contribution in [2.45, 2.75) is 51.0 Å². The Labute approximate surface area is 114 Å². The molecule has 3 rings (SSSR count). The van der Waals surface area contributed by atoms with Crippen LogP contribution in [-0.4, -0.2) is 34.2 Å². The van der Waals surface area contributed by atoms with Gasteiger partial charge < -0.3 is 10.2 Å². The van der Waals surface area contributed by atoms with E-state index >= 15 is 0 Å². The van der Waals surface area contributed by atoms with Gasteiger partial charge in [0.25, 0.3) is 0 Å². The largest absolute Gasteiger partial charge is 0.504 e. The number of rotatable bonds is 2. The summed E-state index contributed by atoms with van der Waals surface area (Å²) in [5, 5.41) is 19.7. The molecule has 2 atom stereocenters. The SMILES string of the molecule is CCCN1CCC[C@H]2c3ccc(O)c(O)c3CC[C@H]21. The molecule has 0 amide bonds. The van der Waals surface area contributed by atoms with E-state index in [0.29, 0.717) is 12.0 Å². The molecule has 1 saturated heterocycles. The van der Waals surface area contributed by atoms with Crippen LogP contribution in [-0.2, 0) is 6.42 Å². The molecule has 0 saturated carbocycles. The van der Waals surface area contributed by atoms with Crippen molar-refractivity contribution in [3.05, 3.63) is 23.3 Å². The van der Waals surface area contributed by atoms with Gasteiger partial charge in [0.15, 0.2) is 11.5 Å². The van der Waals surface area contributed by atoms with Crippen LogP contribution in [0, 0.1) is 0 Å². The number of hydrogen-bond donors (Lipinski definition) is 2. The van der Waals surface area contributed by atoms with Gasteiger partial charge in [0, 0.05) is 11.6 Å². The molecule has 0 unspecified atom stereocenters. The highest BCUT2D eigenvalue weighted by atomic mass is 16.3. The van der Waals surface area contributed by atoms with Crippen LogP contribution in [0.25, 0.3) is 0 Å². The molecule has 0 spiro atoms. The number of phenolic OH excluding ortho intramolecular Hbond substituents is 2. The third-order valence-electron chi connectivity index (χ3n) is 4.79. The summed E-state index contributed by atoms with van der Waals surface area (Å²) in [7, 11) is 0. The third kappa shape index (κ3) is 2.10. The first-order chi connectivity index (χ1) is 9.22. The minimum atomic E-state index is 0.0263. The summed E-state index contributed by atoms with van der Waals surface area (Å²) in [6, 6.07) is 4.30. The maximum Gasteiger partial charge on any atom is 0.160 e. The van der Waals surface area contributed by atoms with Gasteiger partial charge in [0.2, 0.25) is 0 Å². The lowest BCUT2D eigenvalue weighted by Crippen LogP contribution is -2.46. The number of hydrogen-bond acceptors (Lipinski definition) is 3. The number of piperidine rings is 1. The van der Waals surface area contributed by atoms with Gasteiger partial charge in [0.1, 0.15) is 0 Å². The van der Waals surface area contributed by atoms with Crippen molar-refractivity contribution in [3.8, 4) is 11.5 Å². The van der Waals surface area contributed by atoms with E-state index in [1.165, 1.54) is 37.9 Å². The van der Waals surface area contributed by atoms with Crippen molar-refractivity contribution in [2.24, 2.45) is 0 Å². The summed E-state index contributed by atoms with van der Waals surface area (Å²) in [4.78, 5) is 2.63. The molecule has 0 radical (unpaired) electrons. The molecule has 1 aliphatic heterocycles. The Morgan fingerprint density at radius 1 is 1.26 bits per heavy atom. The van der Waals surface area contributed by atoms with E-state index in [-0.39, 0.29) is 11.5 Å². The first kappa shape index (κ1) is 12.8. The van der Waals surface area contributed by atoms with Crippen LogP contribution in [0.3, 0.4) is 0 Å². The highest BCUT2D eigenvalue weighted by molar-refractivity contribution is 5.51. The Morgan fingerprint density at radius 3 is 2.89 bits per heavy atom. The van der Waals surface area contributed by atoms with E-state index in [0.717, 1.165) is 18.4 Å². The van der Waals surface area contributed by atoms with Gasteiger partial charge in [-0.1, -0.05) is 13.0 Å². The molecular formula is C16H23NO2. The zero-order chi connectivity index (χ0) is 13.4. The zero-order valence-corrected chi connectivity index (χ0v) is 11.6. The quantitative estimate of drug-likeness (QED) is 0.804. The van der Waals surface area contributed by atoms with E-state index in [4.69, 9.17) is 0 Å². The van der Waals surface area contributed by atoms with Crippen molar-refractivity contribution in [2.75, 3.05) is 13.1 Å². The van der Waals surface area contributed by atoms with Gasteiger partial charge in [-0.25, -0.2) is 0 Å². The summed E-state index contributed by atoms with van der Waals surface area (Å²) in [5.74, 6) is 0.678. The minimum Gasteiger partial charge on any atom is -0.504 e. The zero-order valence-electron chi connectivity index (χ0n) is 11.6. The molecule has 19 heavy (non-hydrogen) atoms. The Hall–Kier alpha value is -1.22. The molecular weight excluding hydrogens is 238 g/mol. The lowest BCUT2D eigenvalue weighted by atomic mass is 9.74. The van der Waals surface area contributed by atoms with Crippen LogP contribution in [0.15, 0.2) is 12.1 Å². The van der Waals surface area contributed by atoms with Gasteiger partial charge in [-0.3, -0.25) is 4.90 Å². The monoisotopic (exact) mass is 261 g/mol. The Morgan fingerprint density at radius 2 is 2.11 bits per heavy atom. The smallest absolute Gasteiger partial charge is 0.160 e. The number of nitrogens with zero attached hydrogens (tertiary/aromatic N) is 1. The number of likely N-dealkylation sites (tertiary alicyclic amines) is 1. The minimum absolute atomic E-state index is 0.0263. The van der Waals surface area contributed by atoms with Crippen LogP contribution < -0.4 is 0 Å². The molecule has 104 valence electrons. The van der Waals surface area contributed by atoms with Gasteiger partial charge >= 0.3 is 0 Å². The Bertz CT molecular complexity index is 470. The number of phenols is 2. The second kappa shape index (κ2) is 5.04. The van der Waals surface area contributed by atoms with Crippen LogP contribution in [0.2, 0.25) is 0 Å². The van der Waals surface area contributed by atoms with Crippen LogP contribution in [0.1, 0.15) is 49.7 Å². The molecule has 2 N–H and O–H groups in total. The molecule has 0 aromatic heterocycles. The van der Waals surface area contributed by atoms with E-state index in [9.17, 15) is 10.2 Å². The molecule has 2 aliphatic rings. The van der Waals surface area contributed by atoms with Gasteiger partial charge in [-0.2, -0.15) is 0 Å². The average Bonchev–Trinajstić information content (AvgIpc) is 2.43. The van der Waals surface area contributed by atoms with E-state index in [1.54, 1.807) is 6.07 Å². The summed E-state index contributed by atoms with van der Waals surface area (Å²) in [6.07, 6.45) is 5.65. The predicted octanol–water partition coefficient (Wildman–Crippen LogP) is 3.00. The average molecular weight is 261 g/mol. The van der Waals surface area contributed by atoms with Crippen molar-refractivity contribution in [1.82, 2.24) is 4.90 Å². The molecule has 1 fully saturated rings. The van der Waals surface area contributed by atoms with Crippen LogP contribution in [0.5, 0.6) is 11.5 Å². The van der Waals surface area contributed by atoms with Crippen molar-refractivity contribution < 1.29 is 10.2 Å². The van der Waals surface area contributed by atoms with Gasteiger partial charge in [0.05, 0.1) is 0 Å². The highest BCUT2D eigenvalue weighted by Gasteiger charge is 2.37. The lowest BCUT2D eigenvalue weighted by molar-refractivity contribution is 0.112. The Balaban J connectivity index is 1.94. The van der Waals surface area contributed by atoms with Crippen LogP contribution >= 0.6 is 0 Å². The fourth-order valence-electron chi connectivity index (χ4n) is 3.98. The van der Waals surface area contributed by atoms with Crippen molar-refractivity contribution in [1.29, 1.82) is 0 Å². The second-order valence-corrected chi connectivity index (χ2v) is 5.89.